The van der Waals surface area contributed by atoms with Gasteiger partial charge in [-0.25, -0.2) is 0 Å². The van der Waals surface area contributed by atoms with Crippen molar-refractivity contribution in [3.63, 3.8) is 0 Å². The van der Waals surface area contributed by atoms with E-state index >= 15 is 0 Å². The van der Waals surface area contributed by atoms with Gasteiger partial charge in [-0.05, 0) is 6.07 Å². The number of H-pyrrole nitrogens is 1. The molecule has 1 rings (SSSR count). The topological polar surface area (TPSA) is 93.2 Å². The Morgan fingerprint density at radius 3 is 2.64 bits per heavy atom. The normalized spacial score (nSPS) is 9.45. The Morgan fingerprint density at radius 2 is 2.18 bits per heavy atom. The maximum atomic E-state index is 10.4. The molecular formula is C6H4NO4-. The van der Waals surface area contributed by atoms with Crippen molar-refractivity contribution in [1.29, 1.82) is 0 Å². The summed E-state index contributed by atoms with van der Waals surface area (Å²) in [6.45, 7) is 0. The lowest BCUT2D eigenvalue weighted by Gasteiger charge is -2.02. The lowest BCUT2D eigenvalue weighted by Crippen LogP contribution is -2.23. The number of rotatable bonds is 1. The molecule has 1 heterocycles. The van der Waals surface area contributed by atoms with Crippen molar-refractivity contribution in [2.45, 2.75) is 0 Å². The number of carbonyl (C=O) groups is 1. The van der Waals surface area contributed by atoms with Crippen LogP contribution in [0.4, 0.5) is 0 Å². The Bertz CT molecular complexity index is 341. The van der Waals surface area contributed by atoms with Gasteiger partial charge < -0.3 is 15.0 Å². The molecule has 0 saturated heterocycles. The quantitative estimate of drug-likeness (QED) is 0.511. The van der Waals surface area contributed by atoms with Crippen LogP contribution in [0.3, 0.4) is 0 Å². The first-order valence-electron chi connectivity index (χ1n) is 2.75. The fourth-order valence-corrected chi connectivity index (χ4v) is 0.628. The van der Waals surface area contributed by atoms with E-state index in [2.05, 4.69) is 0 Å². The third kappa shape index (κ3) is 1.37. The molecule has 0 atom stereocenters. The number of pyridine rings is 1. The van der Waals surface area contributed by atoms with E-state index in [1.807, 2.05) is 4.98 Å². The van der Waals surface area contributed by atoms with Gasteiger partial charge in [-0.2, -0.15) is 0 Å². The minimum atomic E-state index is -1.53. The van der Waals surface area contributed by atoms with Crippen LogP contribution in [0.25, 0.3) is 0 Å². The van der Waals surface area contributed by atoms with E-state index in [9.17, 15) is 14.7 Å². The smallest absolute Gasteiger partial charge is 0.250 e. The summed E-state index contributed by atoms with van der Waals surface area (Å²) in [5, 5.41) is 18.9. The van der Waals surface area contributed by atoms with Gasteiger partial charge in [0, 0.05) is 6.07 Å². The third-order valence-electron chi connectivity index (χ3n) is 1.12. The van der Waals surface area contributed by atoms with Gasteiger partial charge in [-0.15, -0.1) is 0 Å². The van der Waals surface area contributed by atoms with Gasteiger partial charge in [0.15, 0.2) is 5.88 Å². The van der Waals surface area contributed by atoms with Crippen molar-refractivity contribution >= 4 is 5.97 Å². The van der Waals surface area contributed by atoms with E-state index in [-0.39, 0.29) is 0 Å². The van der Waals surface area contributed by atoms with Crippen LogP contribution in [0, 0.1) is 0 Å². The summed E-state index contributed by atoms with van der Waals surface area (Å²) in [7, 11) is 0. The molecule has 1 aromatic heterocycles. The van der Waals surface area contributed by atoms with Gasteiger partial charge in [0.1, 0.15) is 0 Å². The molecule has 0 amide bonds. The van der Waals surface area contributed by atoms with Crippen molar-refractivity contribution < 1.29 is 15.0 Å². The average Bonchev–Trinajstić information content (AvgIpc) is 1.85. The van der Waals surface area contributed by atoms with Gasteiger partial charge in [0.05, 0.1) is 11.5 Å². The van der Waals surface area contributed by atoms with Crippen LogP contribution in [-0.2, 0) is 0 Å². The number of hydrogen-bond donors (Lipinski definition) is 2. The van der Waals surface area contributed by atoms with E-state index in [1.54, 1.807) is 0 Å². The molecule has 0 radical (unpaired) electrons. The second kappa shape index (κ2) is 2.45. The minimum absolute atomic E-state index is 0.426. The molecule has 0 fully saturated rings. The van der Waals surface area contributed by atoms with Crippen LogP contribution in [0.5, 0.6) is 5.88 Å². The van der Waals surface area contributed by atoms with E-state index in [4.69, 9.17) is 5.11 Å². The zero-order valence-corrected chi connectivity index (χ0v) is 5.33. The van der Waals surface area contributed by atoms with E-state index in [0.29, 0.717) is 0 Å². The Balaban J connectivity index is 3.31. The number of aromatic carboxylic acids is 1. The molecule has 5 nitrogen and oxygen atoms in total. The maximum absolute atomic E-state index is 10.4. The Labute approximate surface area is 60.9 Å². The highest BCUT2D eigenvalue weighted by Crippen LogP contribution is 2.07. The molecular weight excluding hydrogens is 150 g/mol. The molecule has 0 spiro atoms. The van der Waals surface area contributed by atoms with Gasteiger partial charge >= 0.3 is 0 Å². The lowest BCUT2D eigenvalue weighted by molar-refractivity contribution is -0.255. The monoisotopic (exact) mass is 154 g/mol. The molecule has 58 valence electrons. The van der Waals surface area contributed by atoms with E-state index < -0.39 is 23.0 Å². The fourth-order valence-electron chi connectivity index (χ4n) is 0.628. The molecule has 0 unspecified atom stereocenters. The van der Waals surface area contributed by atoms with Gasteiger partial charge in [0.25, 0.3) is 5.56 Å². The molecule has 0 saturated carbocycles. The van der Waals surface area contributed by atoms with Crippen molar-refractivity contribution in [2.75, 3.05) is 0 Å². The highest BCUT2D eigenvalue weighted by atomic mass is 16.4. The largest absolute Gasteiger partial charge is 0.545 e. The number of carboxylic acids is 1. The molecule has 0 bridgehead atoms. The number of carboxylic acid groups (broad SMARTS) is 1. The summed E-state index contributed by atoms with van der Waals surface area (Å²) in [5.41, 5.74) is -0.989. The average molecular weight is 154 g/mol. The van der Waals surface area contributed by atoms with Crippen LogP contribution in [0.2, 0.25) is 0 Å². The summed E-state index contributed by atoms with van der Waals surface area (Å²) in [5.74, 6) is -2.21. The minimum Gasteiger partial charge on any atom is -0.545 e. The second-order valence-electron chi connectivity index (χ2n) is 1.87. The molecule has 5 heteroatoms. The second-order valence-corrected chi connectivity index (χ2v) is 1.87. The third-order valence-corrected chi connectivity index (χ3v) is 1.12. The van der Waals surface area contributed by atoms with Crippen molar-refractivity contribution in [3.05, 3.63) is 28.0 Å². The van der Waals surface area contributed by atoms with E-state index in [1.165, 1.54) is 0 Å². The number of aromatic amines is 1. The fraction of sp³-hybridized carbons (Fsp3) is 0. The van der Waals surface area contributed by atoms with Crippen LogP contribution in [0.1, 0.15) is 10.4 Å². The highest BCUT2D eigenvalue weighted by Gasteiger charge is 2.00. The predicted octanol–water partition coefficient (Wildman–Crippen LogP) is -1.56. The molecule has 0 aromatic carbocycles. The number of aromatic hydroxyl groups is 1. The Kier molecular flexibility index (Phi) is 1.63. The van der Waals surface area contributed by atoms with Crippen molar-refractivity contribution in [1.82, 2.24) is 4.98 Å². The zero-order chi connectivity index (χ0) is 8.43. The molecule has 11 heavy (non-hydrogen) atoms. The predicted molar refractivity (Wildman–Crippen MR) is 33.1 cm³/mol. The molecule has 2 N–H and O–H groups in total. The first-order valence-corrected chi connectivity index (χ1v) is 2.75. The first kappa shape index (κ1) is 7.33. The molecule has 0 aliphatic carbocycles. The number of carbonyl (C=O) groups excluding carboxylic acids is 1. The summed E-state index contributed by atoms with van der Waals surface area (Å²) in [6, 6.07) is 1.97. The highest BCUT2D eigenvalue weighted by molar-refractivity contribution is 5.88. The number of hydrogen-bond acceptors (Lipinski definition) is 4. The van der Waals surface area contributed by atoms with Crippen LogP contribution < -0.4 is 10.7 Å². The zero-order valence-electron chi connectivity index (χ0n) is 5.33. The number of nitrogens with one attached hydrogen (secondary N) is 1. The summed E-state index contributed by atoms with van der Waals surface area (Å²) >= 11 is 0. The lowest BCUT2D eigenvalue weighted by atomic mass is 10.3. The van der Waals surface area contributed by atoms with Crippen LogP contribution in [0.15, 0.2) is 16.9 Å². The van der Waals surface area contributed by atoms with Gasteiger partial charge in [-0.3, -0.25) is 9.78 Å². The number of aromatic nitrogens is 1. The van der Waals surface area contributed by atoms with E-state index in [0.717, 1.165) is 12.1 Å². The Morgan fingerprint density at radius 1 is 1.55 bits per heavy atom. The first-order chi connectivity index (χ1) is 5.11. The summed E-state index contributed by atoms with van der Waals surface area (Å²) in [4.78, 5) is 22.5. The van der Waals surface area contributed by atoms with Gasteiger partial charge in [-0.1, -0.05) is 0 Å². The molecule has 0 aliphatic heterocycles. The SMILES string of the molecule is O=C([O-])c1ccc(=O)[nH]c1O. The van der Waals surface area contributed by atoms with Gasteiger partial charge in [0.2, 0.25) is 0 Å². The van der Waals surface area contributed by atoms with Crippen molar-refractivity contribution in [2.24, 2.45) is 0 Å². The van der Waals surface area contributed by atoms with Crippen LogP contribution >= 0.6 is 0 Å². The Hall–Kier alpha value is -1.78. The summed E-state index contributed by atoms with van der Waals surface area (Å²) in [6.07, 6.45) is 0. The standard InChI is InChI=1S/C6H5NO4/c8-4-2-1-3(6(10)11)5(9)7-4/h1-2H,(H,10,11)(H2,7,8,9)/p-1. The maximum Gasteiger partial charge on any atom is 0.250 e. The molecule has 1 aromatic rings. The van der Waals surface area contributed by atoms with Crippen LogP contribution in [-0.4, -0.2) is 16.1 Å². The molecule has 0 aliphatic rings. The summed E-state index contributed by atoms with van der Waals surface area (Å²) < 4.78 is 0. The van der Waals surface area contributed by atoms with Crippen molar-refractivity contribution in [3.8, 4) is 5.88 Å².